The van der Waals surface area contributed by atoms with Crippen molar-refractivity contribution in [2.45, 2.75) is 24.5 Å². The maximum absolute atomic E-state index is 12.1. The van der Waals surface area contributed by atoms with E-state index in [4.69, 9.17) is 5.73 Å². The lowest BCUT2D eigenvalue weighted by molar-refractivity contribution is -0.118. The summed E-state index contributed by atoms with van der Waals surface area (Å²) in [5.74, 6) is 1.13. The summed E-state index contributed by atoms with van der Waals surface area (Å²) in [6, 6.07) is 5.46. The van der Waals surface area contributed by atoms with Crippen LogP contribution in [-0.4, -0.2) is 16.4 Å². The quantitative estimate of drug-likeness (QED) is 0.824. The average Bonchev–Trinajstić information content (AvgIpc) is 2.72. The number of rotatable bonds is 2. The highest BCUT2D eigenvalue weighted by Crippen LogP contribution is 2.38. The maximum Gasteiger partial charge on any atom is 0.240 e. The van der Waals surface area contributed by atoms with Crippen molar-refractivity contribution in [2.75, 3.05) is 16.8 Å². The zero-order chi connectivity index (χ0) is 12.5. The Morgan fingerprint density at radius 1 is 1.59 bits per heavy atom. The van der Waals surface area contributed by atoms with Crippen molar-refractivity contribution >= 4 is 45.0 Å². The van der Waals surface area contributed by atoms with Gasteiger partial charge in [-0.2, -0.15) is 0 Å². The lowest BCUT2D eigenvalue weighted by atomic mass is 10.0. The van der Waals surface area contributed by atoms with Crippen LogP contribution < -0.4 is 11.1 Å². The Morgan fingerprint density at radius 2 is 2.35 bits per heavy atom. The molecule has 1 aromatic carbocycles. The van der Waals surface area contributed by atoms with Gasteiger partial charge < -0.3 is 11.1 Å². The third-order valence-electron chi connectivity index (χ3n) is 2.95. The van der Waals surface area contributed by atoms with Gasteiger partial charge in [-0.25, -0.2) is 0 Å². The molecule has 1 saturated heterocycles. The summed E-state index contributed by atoms with van der Waals surface area (Å²) in [5, 5.41) is 2.93. The van der Waals surface area contributed by atoms with Crippen LogP contribution in [-0.2, 0) is 4.79 Å². The average molecular weight is 315 g/mol. The molecule has 1 aliphatic rings. The minimum absolute atomic E-state index is 0.0710. The first-order chi connectivity index (χ1) is 8.01. The van der Waals surface area contributed by atoms with Crippen LogP contribution in [0.15, 0.2) is 22.7 Å². The summed E-state index contributed by atoms with van der Waals surface area (Å²) < 4.78 is 0.555. The first kappa shape index (κ1) is 12.8. The molecule has 0 aromatic heterocycles. The van der Waals surface area contributed by atoms with Gasteiger partial charge in [-0.05, 0) is 59.6 Å². The van der Waals surface area contributed by atoms with Crippen LogP contribution in [0.25, 0.3) is 0 Å². The van der Waals surface area contributed by atoms with E-state index in [0.29, 0.717) is 5.69 Å². The molecule has 5 heteroatoms. The van der Waals surface area contributed by atoms with Gasteiger partial charge in [0.15, 0.2) is 0 Å². The Hall–Kier alpha value is -0.680. The van der Waals surface area contributed by atoms with Gasteiger partial charge in [0.1, 0.15) is 0 Å². The summed E-state index contributed by atoms with van der Waals surface area (Å²) in [5.41, 5.74) is 7.16. The maximum atomic E-state index is 12.1. The van der Waals surface area contributed by atoms with Crippen LogP contribution in [0.2, 0.25) is 0 Å². The second-order valence-corrected chi connectivity index (χ2v) is 6.83. The third kappa shape index (κ3) is 2.77. The molecule has 0 bridgehead atoms. The highest BCUT2D eigenvalue weighted by molar-refractivity contribution is 9.10. The molecular formula is C12H15BrN2OS. The van der Waals surface area contributed by atoms with E-state index in [1.165, 1.54) is 0 Å². The number of halogens is 1. The minimum Gasteiger partial charge on any atom is -0.398 e. The van der Waals surface area contributed by atoms with Gasteiger partial charge in [0, 0.05) is 15.8 Å². The molecule has 0 spiro atoms. The zero-order valence-electron chi connectivity index (χ0n) is 9.63. The molecule has 0 saturated carbocycles. The van der Waals surface area contributed by atoms with Crippen LogP contribution in [0, 0.1) is 0 Å². The molecule has 1 amide bonds. The number of nitrogens with two attached hydrogens (primary N) is 1. The molecule has 1 fully saturated rings. The summed E-state index contributed by atoms with van der Waals surface area (Å²) in [7, 11) is 0. The van der Waals surface area contributed by atoms with E-state index in [9.17, 15) is 4.79 Å². The van der Waals surface area contributed by atoms with Crippen LogP contribution >= 0.6 is 27.7 Å². The number of thioether (sulfide) groups is 1. The van der Waals surface area contributed by atoms with Crippen molar-refractivity contribution < 1.29 is 4.79 Å². The number of carbonyl (C=O) groups excluding carboxylic acids is 1. The predicted molar refractivity (Wildman–Crippen MR) is 77.3 cm³/mol. The van der Waals surface area contributed by atoms with Gasteiger partial charge in [-0.15, -0.1) is 11.8 Å². The van der Waals surface area contributed by atoms with Crippen molar-refractivity contribution in [3.05, 3.63) is 22.7 Å². The fraction of sp³-hybridized carbons (Fsp3) is 0.417. The highest BCUT2D eigenvalue weighted by Gasteiger charge is 2.37. The van der Waals surface area contributed by atoms with E-state index in [0.717, 1.165) is 28.8 Å². The largest absolute Gasteiger partial charge is 0.398 e. The number of amides is 1. The lowest BCUT2D eigenvalue weighted by Gasteiger charge is -2.21. The van der Waals surface area contributed by atoms with Crippen molar-refractivity contribution in [3.63, 3.8) is 0 Å². The van der Waals surface area contributed by atoms with Gasteiger partial charge >= 0.3 is 0 Å². The van der Waals surface area contributed by atoms with E-state index in [1.54, 1.807) is 17.8 Å². The summed E-state index contributed by atoms with van der Waals surface area (Å²) in [6.07, 6.45) is 2.05. The van der Waals surface area contributed by atoms with Crippen molar-refractivity contribution in [3.8, 4) is 0 Å². The molecule has 1 aliphatic heterocycles. The van der Waals surface area contributed by atoms with Crippen LogP contribution in [0.5, 0.6) is 0 Å². The Bertz CT molecular complexity index is 444. The molecule has 1 aromatic rings. The van der Waals surface area contributed by atoms with Crippen LogP contribution in [0.4, 0.5) is 11.4 Å². The molecule has 1 atom stereocenters. The number of hydrogen-bond donors (Lipinski definition) is 2. The van der Waals surface area contributed by atoms with Crippen LogP contribution in [0.1, 0.15) is 19.8 Å². The van der Waals surface area contributed by atoms with Gasteiger partial charge in [0.05, 0.1) is 4.75 Å². The lowest BCUT2D eigenvalue weighted by Crippen LogP contribution is -2.34. The summed E-state index contributed by atoms with van der Waals surface area (Å²) >= 11 is 5.06. The van der Waals surface area contributed by atoms with Gasteiger partial charge in [0.25, 0.3) is 0 Å². The molecule has 17 heavy (non-hydrogen) atoms. The highest BCUT2D eigenvalue weighted by atomic mass is 79.9. The zero-order valence-corrected chi connectivity index (χ0v) is 12.0. The third-order valence-corrected chi connectivity index (χ3v) is 5.19. The monoisotopic (exact) mass is 314 g/mol. The molecule has 3 nitrogen and oxygen atoms in total. The number of carbonyl (C=O) groups is 1. The van der Waals surface area contributed by atoms with E-state index in [1.807, 2.05) is 19.1 Å². The Balaban J connectivity index is 2.10. The Kier molecular flexibility index (Phi) is 3.68. The van der Waals surface area contributed by atoms with Crippen LogP contribution in [0.3, 0.4) is 0 Å². The molecular weight excluding hydrogens is 300 g/mol. The molecule has 3 N–H and O–H groups in total. The number of nitrogen functional groups attached to an aromatic ring is 1. The summed E-state index contributed by atoms with van der Waals surface area (Å²) in [6.45, 7) is 2.00. The minimum atomic E-state index is -0.290. The van der Waals surface area contributed by atoms with Crippen molar-refractivity contribution in [1.82, 2.24) is 0 Å². The number of anilines is 2. The van der Waals surface area contributed by atoms with E-state index in [2.05, 4.69) is 21.2 Å². The number of hydrogen-bond acceptors (Lipinski definition) is 3. The van der Waals surface area contributed by atoms with Crippen molar-refractivity contribution in [2.24, 2.45) is 0 Å². The molecule has 1 unspecified atom stereocenters. The molecule has 0 aliphatic carbocycles. The van der Waals surface area contributed by atoms with Crippen molar-refractivity contribution in [1.29, 1.82) is 0 Å². The normalized spacial score (nSPS) is 23.6. The SMILES string of the molecule is CC1(C(=O)Nc2ccc(Br)c(N)c2)CCCS1. The molecule has 92 valence electrons. The summed E-state index contributed by atoms with van der Waals surface area (Å²) in [4.78, 5) is 12.1. The number of nitrogens with one attached hydrogen (secondary N) is 1. The molecule has 2 rings (SSSR count). The second-order valence-electron chi connectivity index (χ2n) is 4.37. The first-order valence-corrected chi connectivity index (χ1v) is 7.29. The topological polar surface area (TPSA) is 55.1 Å². The van der Waals surface area contributed by atoms with Gasteiger partial charge in [-0.1, -0.05) is 0 Å². The van der Waals surface area contributed by atoms with Gasteiger partial charge in [0.2, 0.25) is 5.91 Å². The predicted octanol–water partition coefficient (Wildman–Crippen LogP) is 3.26. The standard InChI is InChI=1S/C12H15BrN2OS/c1-12(5-2-6-17-12)11(16)15-8-3-4-9(13)10(14)7-8/h3-4,7H,2,5-6,14H2,1H3,(H,15,16). The fourth-order valence-electron chi connectivity index (χ4n) is 1.84. The smallest absolute Gasteiger partial charge is 0.240 e. The fourth-order valence-corrected chi connectivity index (χ4v) is 3.30. The Labute approximate surface area is 114 Å². The second kappa shape index (κ2) is 4.90. The number of benzene rings is 1. The van der Waals surface area contributed by atoms with E-state index >= 15 is 0 Å². The molecule has 1 heterocycles. The van der Waals surface area contributed by atoms with E-state index in [-0.39, 0.29) is 10.7 Å². The Morgan fingerprint density at radius 3 is 2.94 bits per heavy atom. The van der Waals surface area contributed by atoms with Gasteiger partial charge in [-0.3, -0.25) is 4.79 Å². The molecule has 0 radical (unpaired) electrons. The van der Waals surface area contributed by atoms with E-state index < -0.39 is 0 Å². The first-order valence-electron chi connectivity index (χ1n) is 5.52.